The number of benzene rings is 1. The summed E-state index contributed by atoms with van der Waals surface area (Å²) in [4.78, 5) is 14.8. The van der Waals surface area contributed by atoms with Gasteiger partial charge in [0.25, 0.3) is 5.69 Å². The number of nitrogens with one attached hydrogen (secondary N) is 1. The molecule has 20 heavy (non-hydrogen) atoms. The lowest BCUT2D eigenvalue weighted by molar-refractivity contribution is -0.383. The van der Waals surface area contributed by atoms with Crippen LogP contribution in [0.5, 0.6) is 0 Å². The highest BCUT2D eigenvalue weighted by Gasteiger charge is 2.15. The molecule has 0 aliphatic heterocycles. The Hall–Kier alpha value is -1.82. The number of thioether (sulfide) groups is 1. The lowest BCUT2D eigenvalue weighted by Gasteiger charge is -2.18. The van der Waals surface area contributed by atoms with E-state index in [1.165, 1.54) is 0 Å². The molecule has 0 bridgehead atoms. The van der Waals surface area contributed by atoms with Gasteiger partial charge in [-0.1, -0.05) is 6.92 Å². The number of anilines is 1. The van der Waals surface area contributed by atoms with Gasteiger partial charge < -0.3 is 5.32 Å². The monoisotopic (exact) mass is 291 g/mol. The third-order valence-corrected chi connectivity index (χ3v) is 3.95. The molecule has 2 rings (SSSR count). The van der Waals surface area contributed by atoms with Crippen LogP contribution < -0.4 is 5.32 Å². The highest BCUT2D eigenvalue weighted by atomic mass is 32.2. The SMILES string of the molecule is CCC(CSC)Nc1ccc([N+](=O)[O-])c2ccncc12. The average Bonchev–Trinajstić information content (AvgIpc) is 2.46. The third kappa shape index (κ3) is 3.01. The van der Waals surface area contributed by atoms with Gasteiger partial charge in [0.2, 0.25) is 0 Å². The summed E-state index contributed by atoms with van der Waals surface area (Å²) < 4.78 is 0. The molecule has 106 valence electrons. The molecule has 0 spiro atoms. The van der Waals surface area contributed by atoms with Gasteiger partial charge in [-0.3, -0.25) is 15.1 Å². The van der Waals surface area contributed by atoms with Crippen molar-refractivity contribution < 1.29 is 4.92 Å². The quantitative estimate of drug-likeness (QED) is 0.649. The molecule has 1 N–H and O–H groups in total. The van der Waals surface area contributed by atoms with E-state index in [9.17, 15) is 10.1 Å². The maximum absolute atomic E-state index is 11.1. The zero-order chi connectivity index (χ0) is 14.5. The van der Waals surface area contributed by atoms with E-state index in [0.717, 1.165) is 23.2 Å². The molecule has 2 aromatic rings. The molecule has 0 saturated heterocycles. The Morgan fingerprint density at radius 3 is 2.85 bits per heavy atom. The fraction of sp³-hybridized carbons (Fsp3) is 0.357. The van der Waals surface area contributed by atoms with Gasteiger partial charge in [0.15, 0.2) is 0 Å². The van der Waals surface area contributed by atoms with Gasteiger partial charge in [0.1, 0.15) is 0 Å². The molecule has 0 radical (unpaired) electrons. The van der Waals surface area contributed by atoms with Crippen LogP contribution in [0.25, 0.3) is 10.8 Å². The highest BCUT2D eigenvalue weighted by molar-refractivity contribution is 7.98. The molecule has 0 amide bonds. The lowest BCUT2D eigenvalue weighted by atomic mass is 10.1. The Morgan fingerprint density at radius 1 is 1.40 bits per heavy atom. The van der Waals surface area contributed by atoms with Crippen LogP contribution in [0.4, 0.5) is 11.4 Å². The number of hydrogen-bond donors (Lipinski definition) is 1. The van der Waals surface area contributed by atoms with Crippen molar-refractivity contribution in [3.05, 3.63) is 40.7 Å². The van der Waals surface area contributed by atoms with Gasteiger partial charge >= 0.3 is 0 Å². The van der Waals surface area contributed by atoms with E-state index in [0.29, 0.717) is 11.4 Å². The van der Waals surface area contributed by atoms with E-state index in [4.69, 9.17) is 0 Å². The number of pyridine rings is 1. The molecular weight excluding hydrogens is 274 g/mol. The minimum Gasteiger partial charge on any atom is -0.381 e. The van der Waals surface area contributed by atoms with Crippen molar-refractivity contribution in [2.75, 3.05) is 17.3 Å². The summed E-state index contributed by atoms with van der Waals surface area (Å²) in [5, 5.41) is 15.9. The first kappa shape index (κ1) is 14.6. The maximum atomic E-state index is 11.1. The number of nitrogens with zero attached hydrogens (tertiary/aromatic N) is 2. The molecule has 1 aromatic carbocycles. The van der Waals surface area contributed by atoms with Crippen molar-refractivity contribution in [1.82, 2.24) is 4.98 Å². The molecule has 6 heteroatoms. The summed E-state index contributed by atoms with van der Waals surface area (Å²) in [6, 6.07) is 5.35. The molecular formula is C14H17N3O2S. The fourth-order valence-corrected chi connectivity index (χ4v) is 2.86. The van der Waals surface area contributed by atoms with E-state index in [2.05, 4.69) is 23.5 Å². The lowest BCUT2D eigenvalue weighted by Crippen LogP contribution is -2.21. The molecule has 1 unspecified atom stereocenters. The molecule has 5 nitrogen and oxygen atoms in total. The van der Waals surface area contributed by atoms with E-state index in [1.54, 1.807) is 42.4 Å². The van der Waals surface area contributed by atoms with Crippen molar-refractivity contribution in [2.24, 2.45) is 0 Å². The number of aromatic nitrogens is 1. The highest BCUT2D eigenvalue weighted by Crippen LogP contribution is 2.31. The molecule has 0 aliphatic rings. The van der Waals surface area contributed by atoms with Crippen LogP contribution in [0.2, 0.25) is 0 Å². The first-order valence-corrected chi connectivity index (χ1v) is 7.83. The number of hydrogen-bond acceptors (Lipinski definition) is 5. The summed E-state index contributed by atoms with van der Waals surface area (Å²) in [6.45, 7) is 2.12. The van der Waals surface area contributed by atoms with Crippen LogP contribution in [-0.4, -0.2) is 28.0 Å². The number of non-ortho nitro benzene ring substituents is 1. The minimum atomic E-state index is -0.356. The minimum absolute atomic E-state index is 0.117. The van der Waals surface area contributed by atoms with Gasteiger partial charge in [-0.25, -0.2) is 0 Å². The fourth-order valence-electron chi connectivity index (χ4n) is 2.14. The second-order valence-electron chi connectivity index (χ2n) is 4.52. The summed E-state index contributed by atoms with van der Waals surface area (Å²) in [5.41, 5.74) is 1.02. The Labute approximate surface area is 121 Å². The summed E-state index contributed by atoms with van der Waals surface area (Å²) in [5.74, 6) is 0.995. The number of nitro benzene ring substituents is 1. The van der Waals surface area contributed by atoms with Crippen LogP contribution in [0.15, 0.2) is 30.6 Å². The van der Waals surface area contributed by atoms with Gasteiger partial charge in [-0.2, -0.15) is 11.8 Å². The number of nitro groups is 1. The normalized spacial score (nSPS) is 12.3. The zero-order valence-corrected chi connectivity index (χ0v) is 12.3. The van der Waals surface area contributed by atoms with Crippen molar-refractivity contribution in [1.29, 1.82) is 0 Å². The predicted molar refractivity (Wildman–Crippen MR) is 84.5 cm³/mol. The Kier molecular flexibility index (Phi) is 4.79. The third-order valence-electron chi connectivity index (χ3n) is 3.21. The summed E-state index contributed by atoms with van der Waals surface area (Å²) in [6.07, 6.45) is 6.33. The van der Waals surface area contributed by atoms with E-state index >= 15 is 0 Å². The second-order valence-corrected chi connectivity index (χ2v) is 5.43. The molecule has 1 heterocycles. The number of fused-ring (bicyclic) bond motifs is 1. The van der Waals surface area contributed by atoms with Crippen molar-refractivity contribution in [3.8, 4) is 0 Å². The zero-order valence-electron chi connectivity index (χ0n) is 11.5. The standard InChI is InChI=1S/C14H17N3O2S/c1-3-10(9-20-2)16-13-4-5-14(17(18)19)11-6-7-15-8-12(11)13/h4-8,10,16H,3,9H2,1-2H3. The first-order valence-electron chi connectivity index (χ1n) is 6.44. The maximum Gasteiger partial charge on any atom is 0.277 e. The molecule has 0 saturated carbocycles. The Balaban J connectivity index is 2.45. The van der Waals surface area contributed by atoms with Crippen LogP contribution in [0, 0.1) is 10.1 Å². The van der Waals surface area contributed by atoms with Crippen molar-refractivity contribution >= 4 is 33.9 Å². The van der Waals surface area contributed by atoms with Crippen LogP contribution in [0.1, 0.15) is 13.3 Å². The average molecular weight is 291 g/mol. The van der Waals surface area contributed by atoms with E-state index < -0.39 is 0 Å². The van der Waals surface area contributed by atoms with Gasteiger partial charge in [-0.05, 0) is 24.8 Å². The second kappa shape index (κ2) is 6.56. The molecule has 1 atom stereocenters. The molecule has 0 aliphatic carbocycles. The van der Waals surface area contributed by atoms with E-state index in [1.807, 2.05) is 0 Å². The Bertz CT molecular complexity index is 618. The molecule has 0 fully saturated rings. The number of rotatable bonds is 6. The van der Waals surface area contributed by atoms with Crippen LogP contribution in [0.3, 0.4) is 0 Å². The predicted octanol–water partition coefficient (Wildman–Crippen LogP) is 3.70. The van der Waals surface area contributed by atoms with Crippen molar-refractivity contribution in [3.63, 3.8) is 0 Å². The first-order chi connectivity index (χ1) is 9.67. The van der Waals surface area contributed by atoms with E-state index in [-0.39, 0.29) is 10.6 Å². The summed E-state index contributed by atoms with van der Waals surface area (Å²) in [7, 11) is 0. The van der Waals surface area contributed by atoms with Gasteiger partial charge in [0.05, 0.1) is 10.3 Å². The topological polar surface area (TPSA) is 68.1 Å². The van der Waals surface area contributed by atoms with Gasteiger partial charge in [0, 0.05) is 41.3 Å². The van der Waals surface area contributed by atoms with Gasteiger partial charge in [-0.15, -0.1) is 0 Å². The smallest absolute Gasteiger partial charge is 0.277 e. The largest absolute Gasteiger partial charge is 0.381 e. The van der Waals surface area contributed by atoms with Crippen LogP contribution >= 0.6 is 11.8 Å². The Morgan fingerprint density at radius 2 is 2.20 bits per heavy atom. The van der Waals surface area contributed by atoms with Crippen LogP contribution in [-0.2, 0) is 0 Å². The summed E-state index contributed by atoms with van der Waals surface area (Å²) >= 11 is 1.78. The van der Waals surface area contributed by atoms with Crippen molar-refractivity contribution in [2.45, 2.75) is 19.4 Å². The molecule has 1 aromatic heterocycles.